The van der Waals surface area contributed by atoms with E-state index in [-0.39, 0.29) is 11.9 Å². The van der Waals surface area contributed by atoms with E-state index >= 15 is 0 Å². The Morgan fingerprint density at radius 2 is 1.63 bits per heavy atom. The van der Waals surface area contributed by atoms with E-state index in [4.69, 9.17) is 4.98 Å². The van der Waals surface area contributed by atoms with Crippen LogP contribution >= 0.6 is 0 Å². The molecule has 1 atom stereocenters. The molecule has 0 spiro atoms. The van der Waals surface area contributed by atoms with E-state index in [2.05, 4.69) is 26.4 Å². The number of fused-ring (bicyclic) bond motifs is 3. The molecule has 0 saturated carbocycles. The second kappa shape index (κ2) is 8.51. The minimum Gasteiger partial charge on any atom is -0.338 e. The molecule has 3 heterocycles. The average Bonchev–Trinajstić information content (AvgIpc) is 3.34. The van der Waals surface area contributed by atoms with Crippen LogP contribution in [0.4, 0.5) is 5.95 Å². The Hall–Kier alpha value is -4.26. The van der Waals surface area contributed by atoms with Crippen LogP contribution in [0, 0.1) is 6.92 Å². The van der Waals surface area contributed by atoms with E-state index < -0.39 is 0 Å². The van der Waals surface area contributed by atoms with Crippen molar-refractivity contribution < 1.29 is 4.79 Å². The second-order valence-electron chi connectivity index (χ2n) is 9.14. The molecule has 35 heavy (non-hydrogen) atoms. The van der Waals surface area contributed by atoms with E-state index in [0.29, 0.717) is 19.6 Å². The van der Waals surface area contributed by atoms with Crippen molar-refractivity contribution in [1.82, 2.24) is 24.5 Å². The SMILES string of the molecule is Cc1ccc(C(=O)N2CCN(c3nc4ccccc4c4nnc(-c5ccccc5)n34)CC2C)cc1. The summed E-state index contributed by atoms with van der Waals surface area (Å²) < 4.78 is 2.06. The molecule has 0 N–H and O–H groups in total. The number of carbonyl (C=O) groups is 1. The summed E-state index contributed by atoms with van der Waals surface area (Å²) in [5, 5.41) is 10.1. The molecule has 174 valence electrons. The number of anilines is 1. The van der Waals surface area contributed by atoms with Crippen molar-refractivity contribution in [2.75, 3.05) is 24.5 Å². The molecule has 0 aliphatic carbocycles. The van der Waals surface area contributed by atoms with Gasteiger partial charge in [0.25, 0.3) is 5.91 Å². The van der Waals surface area contributed by atoms with Crippen molar-refractivity contribution in [3.05, 3.63) is 90.0 Å². The topological polar surface area (TPSA) is 66.6 Å². The molecule has 1 amide bonds. The lowest BCUT2D eigenvalue weighted by Gasteiger charge is -2.40. The molecular formula is C28H26N6O. The number of amides is 1. The van der Waals surface area contributed by atoms with Gasteiger partial charge < -0.3 is 9.80 Å². The van der Waals surface area contributed by atoms with Gasteiger partial charge in [0, 0.05) is 42.2 Å². The van der Waals surface area contributed by atoms with Crippen LogP contribution in [0.3, 0.4) is 0 Å². The lowest BCUT2D eigenvalue weighted by atomic mass is 10.1. The van der Waals surface area contributed by atoms with Gasteiger partial charge >= 0.3 is 0 Å². The van der Waals surface area contributed by atoms with Gasteiger partial charge in [-0.15, -0.1) is 10.2 Å². The number of aryl methyl sites for hydroxylation is 1. The van der Waals surface area contributed by atoms with Crippen molar-refractivity contribution in [3.63, 3.8) is 0 Å². The Labute approximate surface area is 203 Å². The van der Waals surface area contributed by atoms with E-state index in [1.165, 1.54) is 0 Å². The van der Waals surface area contributed by atoms with Crippen LogP contribution in [-0.4, -0.2) is 56.1 Å². The van der Waals surface area contributed by atoms with E-state index in [0.717, 1.165) is 45.0 Å². The number of rotatable bonds is 3. The first-order valence-corrected chi connectivity index (χ1v) is 11.9. The molecule has 5 aromatic rings. The van der Waals surface area contributed by atoms with Crippen LogP contribution in [0.1, 0.15) is 22.8 Å². The van der Waals surface area contributed by atoms with Gasteiger partial charge in [-0.25, -0.2) is 9.38 Å². The van der Waals surface area contributed by atoms with Gasteiger partial charge in [0.1, 0.15) is 0 Å². The normalized spacial score (nSPS) is 16.2. The van der Waals surface area contributed by atoms with Gasteiger partial charge in [0.05, 0.1) is 5.52 Å². The number of hydrogen-bond donors (Lipinski definition) is 0. The molecule has 7 heteroatoms. The molecule has 1 unspecified atom stereocenters. The van der Waals surface area contributed by atoms with E-state index in [1.54, 1.807) is 0 Å². The molecule has 3 aromatic carbocycles. The van der Waals surface area contributed by atoms with Crippen LogP contribution in [0.5, 0.6) is 0 Å². The highest BCUT2D eigenvalue weighted by molar-refractivity contribution is 5.95. The highest BCUT2D eigenvalue weighted by Crippen LogP contribution is 2.29. The van der Waals surface area contributed by atoms with Gasteiger partial charge in [-0.3, -0.25) is 4.79 Å². The molecule has 1 aliphatic rings. The maximum atomic E-state index is 13.2. The summed E-state index contributed by atoms with van der Waals surface area (Å²) in [6.07, 6.45) is 0. The summed E-state index contributed by atoms with van der Waals surface area (Å²) in [4.78, 5) is 22.5. The number of para-hydroxylation sites is 1. The third-order valence-corrected chi connectivity index (χ3v) is 6.73. The molecule has 2 aromatic heterocycles. The van der Waals surface area contributed by atoms with E-state index in [9.17, 15) is 4.79 Å². The average molecular weight is 463 g/mol. The predicted molar refractivity (Wildman–Crippen MR) is 138 cm³/mol. The quantitative estimate of drug-likeness (QED) is 0.392. The van der Waals surface area contributed by atoms with Crippen molar-refractivity contribution in [2.45, 2.75) is 19.9 Å². The number of nitrogens with zero attached hydrogens (tertiary/aromatic N) is 6. The Balaban J connectivity index is 1.40. The molecular weight excluding hydrogens is 436 g/mol. The van der Waals surface area contributed by atoms with Crippen LogP contribution in [0.25, 0.3) is 27.9 Å². The molecule has 7 nitrogen and oxygen atoms in total. The third kappa shape index (κ3) is 3.69. The zero-order valence-corrected chi connectivity index (χ0v) is 19.8. The fraction of sp³-hybridized carbons (Fsp3) is 0.214. The van der Waals surface area contributed by atoms with Crippen molar-refractivity contribution >= 4 is 28.4 Å². The van der Waals surface area contributed by atoms with Gasteiger partial charge in [0.2, 0.25) is 5.95 Å². The van der Waals surface area contributed by atoms with Crippen LogP contribution in [0.15, 0.2) is 78.9 Å². The van der Waals surface area contributed by atoms with E-state index in [1.807, 2.05) is 90.7 Å². The lowest BCUT2D eigenvalue weighted by molar-refractivity contribution is 0.0673. The lowest BCUT2D eigenvalue weighted by Crippen LogP contribution is -2.54. The van der Waals surface area contributed by atoms with Crippen LogP contribution in [0.2, 0.25) is 0 Å². The number of carbonyl (C=O) groups excluding carboxylic acids is 1. The van der Waals surface area contributed by atoms with Crippen molar-refractivity contribution in [1.29, 1.82) is 0 Å². The zero-order valence-electron chi connectivity index (χ0n) is 19.8. The summed E-state index contributed by atoms with van der Waals surface area (Å²) in [6.45, 7) is 6.09. The van der Waals surface area contributed by atoms with Gasteiger partial charge in [-0.1, -0.05) is 60.2 Å². The Morgan fingerprint density at radius 3 is 2.40 bits per heavy atom. The maximum absolute atomic E-state index is 13.2. The Bertz CT molecular complexity index is 1530. The highest BCUT2D eigenvalue weighted by atomic mass is 16.2. The summed E-state index contributed by atoms with van der Waals surface area (Å²) in [7, 11) is 0. The Morgan fingerprint density at radius 1 is 0.886 bits per heavy atom. The number of piperazine rings is 1. The first-order chi connectivity index (χ1) is 17.1. The van der Waals surface area contributed by atoms with Crippen molar-refractivity contribution in [3.8, 4) is 11.4 Å². The first kappa shape index (κ1) is 21.3. The molecule has 0 radical (unpaired) electrons. The standard InChI is InChI=1S/C28H26N6O/c1-19-12-14-22(15-13-19)27(35)33-17-16-32(18-20(33)2)28-29-24-11-7-6-10-23(24)26-31-30-25(34(26)28)21-8-4-3-5-9-21/h3-15,20H,16-18H2,1-2H3. The first-order valence-electron chi connectivity index (χ1n) is 11.9. The Kier molecular flexibility index (Phi) is 5.17. The van der Waals surface area contributed by atoms with Gasteiger partial charge in [-0.05, 0) is 38.1 Å². The third-order valence-electron chi connectivity index (χ3n) is 6.73. The predicted octanol–water partition coefficient (Wildman–Crippen LogP) is 4.60. The number of hydrogen-bond acceptors (Lipinski definition) is 5. The molecule has 6 rings (SSSR count). The largest absolute Gasteiger partial charge is 0.338 e. The zero-order chi connectivity index (χ0) is 23.9. The number of aromatic nitrogens is 4. The summed E-state index contributed by atoms with van der Waals surface area (Å²) in [6, 6.07) is 25.9. The minimum atomic E-state index is 0.0255. The molecule has 0 bridgehead atoms. The smallest absolute Gasteiger partial charge is 0.254 e. The highest BCUT2D eigenvalue weighted by Gasteiger charge is 2.31. The summed E-state index contributed by atoms with van der Waals surface area (Å²) >= 11 is 0. The minimum absolute atomic E-state index is 0.0255. The summed E-state index contributed by atoms with van der Waals surface area (Å²) in [5.41, 5.74) is 4.53. The van der Waals surface area contributed by atoms with Gasteiger partial charge in [-0.2, -0.15) is 0 Å². The second-order valence-corrected chi connectivity index (χ2v) is 9.14. The maximum Gasteiger partial charge on any atom is 0.254 e. The molecule has 1 aliphatic heterocycles. The van der Waals surface area contributed by atoms with Gasteiger partial charge in [0.15, 0.2) is 11.5 Å². The number of benzene rings is 3. The fourth-order valence-electron chi connectivity index (χ4n) is 4.86. The van der Waals surface area contributed by atoms with Crippen LogP contribution < -0.4 is 4.90 Å². The molecule has 1 saturated heterocycles. The fourth-order valence-corrected chi connectivity index (χ4v) is 4.86. The van der Waals surface area contributed by atoms with Crippen molar-refractivity contribution in [2.24, 2.45) is 0 Å². The molecule has 1 fully saturated rings. The van der Waals surface area contributed by atoms with Crippen LogP contribution in [-0.2, 0) is 0 Å². The summed E-state index contributed by atoms with van der Waals surface area (Å²) in [5.74, 6) is 1.64. The monoisotopic (exact) mass is 462 g/mol.